The van der Waals surface area contributed by atoms with E-state index in [0.717, 1.165) is 55.7 Å². The Balaban J connectivity index is 0.948. The van der Waals surface area contributed by atoms with Gasteiger partial charge in [-0.15, -0.1) is 11.3 Å². The van der Waals surface area contributed by atoms with Gasteiger partial charge in [-0.1, -0.05) is 164 Å². The van der Waals surface area contributed by atoms with Gasteiger partial charge in [0.15, 0.2) is 0 Å². The summed E-state index contributed by atoms with van der Waals surface area (Å²) in [6, 6.07) is 81.2. The summed E-state index contributed by atoms with van der Waals surface area (Å²) in [5.74, 6) is 0. The smallest absolute Gasteiger partial charge is 0.143 e. The van der Waals surface area contributed by atoms with Crippen molar-refractivity contribution in [3.63, 3.8) is 0 Å². The minimum atomic E-state index is 0.905. The number of furan rings is 1. The second kappa shape index (κ2) is 14.5. The molecule has 0 fully saturated rings. The van der Waals surface area contributed by atoms with Crippen LogP contribution in [0.2, 0.25) is 0 Å². The summed E-state index contributed by atoms with van der Waals surface area (Å²) in [5, 5.41) is 7.39. The molecule has 12 aromatic rings. The van der Waals surface area contributed by atoms with E-state index in [2.05, 4.69) is 217 Å². The van der Waals surface area contributed by atoms with Crippen LogP contribution in [0.5, 0.6) is 0 Å². The Kier molecular flexibility index (Phi) is 8.39. The summed E-state index contributed by atoms with van der Waals surface area (Å²) in [5.41, 5.74) is 14.5. The first-order valence-electron chi connectivity index (χ1n) is 20.7. The lowest BCUT2D eigenvalue weighted by molar-refractivity contribution is 0.670. The normalized spacial score (nSPS) is 11.6. The molecule has 2 nitrogen and oxygen atoms in total. The van der Waals surface area contributed by atoms with Crippen molar-refractivity contribution in [3.8, 4) is 44.5 Å². The summed E-state index contributed by atoms with van der Waals surface area (Å²) in [6.07, 6.45) is 0. The molecule has 0 atom stereocenters. The van der Waals surface area contributed by atoms with Gasteiger partial charge in [0.2, 0.25) is 0 Å². The number of rotatable bonds is 7. The maximum absolute atomic E-state index is 6.44. The van der Waals surface area contributed by atoms with E-state index in [1.54, 1.807) is 0 Å². The molecule has 0 spiro atoms. The Morgan fingerprint density at radius 3 is 1.75 bits per heavy atom. The number of nitrogens with zero attached hydrogens (tertiary/aromatic N) is 1. The van der Waals surface area contributed by atoms with Crippen molar-refractivity contribution in [1.82, 2.24) is 0 Å². The fraction of sp³-hybridized carbons (Fsp3) is 0. The van der Waals surface area contributed by atoms with Crippen molar-refractivity contribution in [3.05, 3.63) is 224 Å². The van der Waals surface area contributed by atoms with Crippen LogP contribution in [-0.2, 0) is 0 Å². The van der Waals surface area contributed by atoms with Crippen molar-refractivity contribution in [2.24, 2.45) is 0 Å². The van der Waals surface area contributed by atoms with Gasteiger partial charge in [-0.05, 0) is 110 Å². The van der Waals surface area contributed by atoms with Crippen LogP contribution >= 0.6 is 11.3 Å². The molecule has 12 rings (SSSR count). The Hall–Kier alpha value is -7.72. The van der Waals surface area contributed by atoms with Gasteiger partial charge < -0.3 is 9.32 Å². The summed E-state index contributed by atoms with van der Waals surface area (Å²) >= 11 is 1.87. The fourth-order valence-electron chi connectivity index (χ4n) is 9.05. The van der Waals surface area contributed by atoms with E-state index < -0.39 is 0 Å². The Bertz CT molecular complexity index is 3590. The van der Waals surface area contributed by atoms with Crippen LogP contribution < -0.4 is 4.90 Å². The summed E-state index contributed by atoms with van der Waals surface area (Å²) < 4.78 is 9.09. The third kappa shape index (κ3) is 6.18. The van der Waals surface area contributed by atoms with Crippen LogP contribution in [0, 0.1) is 0 Å². The van der Waals surface area contributed by atoms with Crippen molar-refractivity contribution >= 4 is 81.3 Å². The first-order valence-corrected chi connectivity index (χ1v) is 21.5. The third-order valence-electron chi connectivity index (χ3n) is 12.1. The summed E-state index contributed by atoms with van der Waals surface area (Å²) in [7, 11) is 0. The average molecular weight is 796 g/mol. The average Bonchev–Trinajstić information content (AvgIpc) is 3.91. The first-order chi connectivity index (χ1) is 30.2. The zero-order valence-electron chi connectivity index (χ0n) is 33.1. The maximum atomic E-state index is 6.44. The van der Waals surface area contributed by atoms with E-state index in [1.807, 2.05) is 23.5 Å². The first kappa shape index (κ1) is 35.2. The van der Waals surface area contributed by atoms with Crippen LogP contribution in [-0.4, -0.2) is 0 Å². The summed E-state index contributed by atoms with van der Waals surface area (Å²) in [4.78, 5) is 2.36. The highest BCUT2D eigenvalue weighted by atomic mass is 32.1. The van der Waals surface area contributed by atoms with E-state index in [4.69, 9.17) is 4.42 Å². The zero-order chi connectivity index (χ0) is 40.3. The van der Waals surface area contributed by atoms with Gasteiger partial charge in [-0.25, -0.2) is 0 Å². The van der Waals surface area contributed by atoms with E-state index in [1.165, 1.54) is 58.8 Å². The second-order valence-corrected chi connectivity index (χ2v) is 16.7. The third-order valence-corrected chi connectivity index (χ3v) is 13.3. The van der Waals surface area contributed by atoms with E-state index >= 15 is 0 Å². The molecule has 2 heterocycles. The fourth-order valence-corrected chi connectivity index (χ4v) is 10.3. The molecule has 10 aromatic carbocycles. The highest BCUT2D eigenvalue weighted by Gasteiger charge is 2.17. The van der Waals surface area contributed by atoms with Crippen LogP contribution in [0.4, 0.5) is 17.1 Å². The molecular weight excluding hydrogens is 759 g/mol. The molecule has 0 unspecified atom stereocenters. The molecule has 0 aliphatic rings. The monoisotopic (exact) mass is 795 g/mol. The van der Waals surface area contributed by atoms with Gasteiger partial charge in [0.1, 0.15) is 11.2 Å². The molecule has 0 saturated carbocycles. The van der Waals surface area contributed by atoms with Gasteiger partial charge in [0.25, 0.3) is 0 Å². The van der Waals surface area contributed by atoms with Gasteiger partial charge in [-0.3, -0.25) is 0 Å². The lowest BCUT2D eigenvalue weighted by atomic mass is 9.97. The Morgan fingerprint density at radius 1 is 0.328 bits per heavy atom. The quantitative estimate of drug-likeness (QED) is 0.160. The minimum absolute atomic E-state index is 0.905. The van der Waals surface area contributed by atoms with Gasteiger partial charge in [-0.2, -0.15) is 0 Å². The number of hydrogen-bond acceptors (Lipinski definition) is 3. The number of para-hydroxylation sites is 2. The number of anilines is 3. The molecule has 0 radical (unpaired) electrons. The summed E-state index contributed by atoms with van der Waals surface area (Å²) in [6.45, 7) is 0. The van der Waals surface area contributed by atoms with Crippen LogP contribution in [0.3, 0.4) is 0 Å². The predicted molar refractivity (Wildman–Crippen MR) is 261 cm³/mol. The van der Waals surface area contributed by atoms with Crippen LogP contribution in [0.25, 0.3) is 97.4 Å². The molecule has 0 saturated heterocycles. The molecular formula is C58H37NOS. The Labute approximate surface area is 357 Å². The van der Waals surface area contributed by atoms with E-state index in [0.29, 0.717) is 0 Å². The lowest BCUT2D eigenvalue weighted by Crippen LogP contribution is -2.10. The SMILES string of the molecule is c1cc(-c2cccc(N(c3ccc(-c4ccc5ccccc5c4)cc3)c3ccc(-c4cccc5c4oc4ccccc45)cc3)c2)cc(-c2cccc3c2sc2ccccc23)c1. The highest BCUT2D eigenvalue weighted by molar-refractivity contribution is 7.26. The van der Waals surface area contributed by atoms with Crippen molar-refractivity contribution < 1.29 is 4.42 Å². The van der Waals surface area contributed by atoms with Gasteiger partial charge in [0, 0.05) is 53.6 Å². The van der Waals surface area contributed by atoms with E-state index in [-0.39, 0.29) is 0 Å². The molecule has 2 aromatic heterocycles. The van der Waals surface area contributed by atoms with Crippen molar-refractivity contribution in [2.45, 2.75) is 0 Å². The van der Waals surface area contributed by atoms with Crippen LogP contribution in [0.1, 0.15) is 0 Å². The molecule has 61 heavy (non-hydrogen) atoms. The largest absolute Gasteiger partial charge is 0.455 e. The Morgan fingerprint density at radius 2 is 0.918 bits per heavy atom. The number of thiophene rings is 1. The predicted octanol–water partition coefficient (Wildman–Crippen LogP) is 17.2. The molecule has 0 N–H and O–H groups in total. The minimum Gasteiger partial charge on any atom is -0.455 e. The van der Waals surface area contributed by atoms with Crippen molar-refractivity contribution in [2.75, 3.05) is 4.90 Å². The van der Waals surface area contributed by atoms with Gasteiger partial charge >= 0.3 is 0 Å². The number of hydrogen-bond donors (Lipinski definition) is 0. The lowest BCUT2D eigenvalue weighted by Gasteiger charge is -2.26. The zero-order valence-corrected chi connectivity index (χ0v) is 33.9. The molecule has 0 amide bonds. The van der Waals surface area contributed by atoms with Gasteiger partial charge in [0.05, 0.1) is 0 Å². The topological polar surface area (TPSA) is 16.4 Å². The molecule has 0 bridgehead atoms. The van der Waals surface area contributed by atoms with E-state index in [9.17, 15) is 0 Å². The molecule has 286 valence electrons. The molecule has 0 aliphatic heterocycles. The van der Waals surface area contributed by atoms with Crippen molar-refractivity contribution in [1.29, 1.82) is 0 Å². The van der Waals surface area contributed by atoms with Crippen LogP contribution in [0.15, 0.2) is 229 Å². The number of fused-ring (bicyclic) bond motifs is 7. The molecule has 0 aliphatic carbocycles. The standard InChI is InChI=1S/C58H37NOS/c1-2-12-41-35-44(26-25-38(41)11-1)39-27-31-46(32-28-39)59(47-33-29-40(30-34-47)49-19-9-21-53-51-17-3-5-23-55(51)60-57(49)53)48-16-8-14-43(37-48)42-13-7-15-45(36-42)50-20-10-22-54-52-18-4-6-24-56(52)61-58(50)54/h1-37H. The highest BCUT2D eigenvalue weighted by Crippen LogP contribution is 2.43. The molecule has 3 heteroatoms. The number of benzene rings is 10. The second-order valence-electron chi connectivity index (χ2n) is 15.7. The maximum Gasteiger partial charge on any atom is 0.143 e.